The van der Waals surface area contributed by atoms with Crippen LogP contribution in [0.2, 0.25) is 0 Å². The maximum absolute atomic E-state index is 11.0. The van der Waals surface area contributed by atoms with Crippen molar-refractivity contribution in [3.63, 3.8) is 0 Å². The van der Waals surface area contributed by atoms with E-state index >= 15 is 0 Å². The van der Waals surface area contributed by atoms with E-state index in [1.165, 1.54) is 11.3 Å². The van der Waals surface area contributed by atoms with Gasteiger partial charge in [0.25, 0.3) is 0 Å². The lowest BCUT2D eigenvalue weighted by Crippen LogP contribution is -2.19. The van der Waals surface area contributed by atoms with Gasteiger partial charge in [-0.3, -0.25) is 4.79 Å². The summed E-state index contributed by atoms with van der Waals surface area (Å²) in [5, 5.41) is 3.13. The molecule has 2 rings (SSSR count). The first kappa shape index (κ1) is 11.4. The maximum Gasteiger partial charge on any atom is 0.166 e. The number of fused-ring (bicyclic) bond motifs is 1. The monoisotopic (exact) mass is 220 g/mol. The van der Waals surface area contributed by atoms with Crippen LogP contribution in [0, 0.1) is 5.41 Å². The van der Waals surface area contributed by atoms with Crippen molar-refractivity contribution in [1.29, 1.82) is 0 Å². The molecule has 1 heterocycles. The van der Waals surface area contributed by atoms with Crippen LogP contribution in [0.4, 0.5) is 0 Å². The highest BCUT2D eigenvalue weighted by Crippen LogP contribution is 2.37. The number of likely N-dealkylation sites (N-methyl/N-ethyl adjacent to an activating group) is 1. The lowest BCUT2D eigenvalue weighted by atomic mass is 9.90. The highest BCUT2D eigenvalue weighted by molar-refractivity contribution is 5.74. The Bertz CT molecular complexity index is 404. The zero-order valence-electron chi connectivity index (χ0n) is 10.3. The molecule has 0 saturated carbocycles. The molecule has 3 nitrogen and oxygen atoms in total. The van der Waals surface area contributed by atoms with Gasteiger partial charge in [-0.2, -0.15) is 0 Å². The highest BCUT2D eigenvalue weighted by Gasteiger charge is 2.32. The van der Waals surface area contributed by atoms with Crippen molar-refractivity contribution in [1.82, 2.24) is 9.88 Å². The van der Waals surface area contributed by atoms with E-state index < -0.39 is 0 Å². The summed E-state index contributed by atoms with van der Waals surface area (Å²) in [6, 6.07) is 2.06. The molecule has 1 aliphatic rings. The van der Waals surface area contributed by atoms with E-state index in [1.54, 1.807) is 0 Å². The number of hydrogen-bond donors (Lipinski definition) is 1. The molecule has 1 aliphatic carbocycles. The SMILES string of the molecule is CNCCn1c(C=O)cc2c1CC(C)(C)C2. The van der Waals surface area contributed by atoms with E-state index in [-0.39, 0.29) is 0 Å². The normalized spacial score (nSPS) is 17.4. The number of aldehydes is 1. The maximum atomic E-state index is 11.0. The molecule has 0 amide bonds. The van der Waals surface area contributed by atoms with Crippen LogP contribution in [-0.2, 0) is 19.4 Å². The van der Waals surface area contributed by atoms with Gasteiger partial charge in [0.05, 0.1) is 5.69 Å². The van der Waals surface area contributed by atoms with E-state index in [1.807, 2.05) is 7.05 Å². The molecule has 1 N–H and O–H groups in total. The molecule has 16 heavy (non-hydrogen) atoms. The second kappa shape index (κ2) is 4.06. The number of nitrogens with one attached hydrogen (secondary N) is 1. The van der Waals surface area contributed by atoms with Crippen LogP contribution in [0.1, 0.15) is 35.6 Å². The van der Waals surface area contributed by atoms with Gasteiger partial charge < -0.3 is 9.88 Å². The lowest BCUT2D eigenvalue weighted by molar-refractivity contribution is 0.111. The van der Waals surface area contributed by atoms with Crippen LogP contribution in [-0.4, -0.2) is 24.4 Å². The Hall–Kier alpha value is -1.09. The number of carbonyl (C=O) groups excluding carboxylic acids is 1. The average molecular weight is 220 g/mol. The first-order valence-electron chi connectivity index (χ1n) is 5.88. The molecular formula is C13H20N2O. The topological polar surface area (TPSA) is 34.0 Å². The third-order valence-electron chi connectivity index (χ3n) is 3.35. The van der Waals surface area contributed by atoms with Crippen molar-refractivity contribution < 1.29 is 4.79 Å². The summed E-state index contributed by atoms with van der Waals surface area (Å²) >= 11 is 0. The Morgan fingerprint density at radius 2 is 2.25 bits per heavy atom. The fourth-order valence-electron chi connectivity index (χ4n) is 2.65. The Morgan fingerprint density at radius 3 is 2.88 bits per heavy atom. The summed E-state index contributed by atoms with van der Waals surface area (Å²) in [6.07, 6.45) is 3.15. The van der Waals surface area contributed by atoms with Crippen LogP contribution >= 0.6 is 0 Å². The first-order chi connectivity index (χ1) is 7.57. The van der Waals surface area contributed by atoms with Gasteiger partial charge in [0.2, 0.25) is 0 Å². The van der Waals surface area contributed by atoms with Gasteiger partial charge in [-0.1, -0.05) is 13.8 Å². The summed E-state index contributed by atoms with van der Waals surface area (Å²) in [5.74, 6) is 0. The molecule has 0 spiro atoms. The fourth-order valence-corrected chi connectivity index (χ4v) is 2.65. The van der Waals surface area contributed by atoms with Gasteiger partial charge >= 0.3 is 0 Å². The quantitative estimate of drug-likeness (QED) is 0.783. The van der Waals surface area contributed by atoms with Gasteiger partial charge in [0.15, 0.2) is 6.29 Å². The standard InChI is InChI=1S/C13H20N2O/c1-13(2)7-10-6-11(9-16)15(5-4-14-3)12(10)8-13/h6,9,14H,4-5,7-8H2,1-3H3. The van der Waals surface area contributed by atoms with Crippen LogP contribution in [0.25, 0.3) is 0 Å². The number of carbonyl (C=O) groups is 1. The third kappa shape index (κ3) is 1.92. The molecule has 3 heteroatoms. The summed E-state index contributed by atoms with van der Waals surface area (Å²) in [7, 11) is 1.94. The van der Waals surface area contributed by atoms with Crippen molar-refractivity contribution >= 4 is 6.29 Å². The minimum Gasteiger partial charge on any atom is -0.341 e. The van der Waals surface area contributed by atoms with Crippen LogP contribution in [0.15, 0.2) is 6.07 Å². The molecule has 1 aromatic heterocycles. The first-order valence-corrected chi connectivity index (χ1v) is 5.88. The zero-order valence-corrected chi connectivity index (χ0v) is 10.3. The second-order valence-corrected chi connectivity index (χ2v) is 5.43. The molecule has 0 bridgehead atoms. The van der Waals surface area contributed by atoms with Gasteiger partial charge in [0.1, 0.15) is 0 Å². The minimum absolute atomic E-state index is 0.355. The second-order valence-electron chi connectivity index (χ2n) is 5.43. The number of aromatic nitrogens is 1. The average Bonchev–Trinajstić information content (AvgIpc) is 2.67. The largest absolute Gasteiger partial charge is 0.341 e. The predicted molar refractivity (Wildman–Crippen MR) is 64.9 cm³/mol. The van der Waals surface area contributed by atoms with Crippen molar-refractivity contribution in [2.75, 3.05) is 13.6 Å². The van der Waals surface area contributed by atoms with Gasteiger partial charge in [-0.25, -0.2) is 0 Å². The fraction of sp³-hybridized carbons (Fsp3) is 0.615. The Balaban J connectivity index is 2.32. The van der Waals surface area contributed by atoms with E-state index in [0.717, 1.165) is 37.9 Å². The van der Waals surface area contributed by atoms with Crippen molar-refractivity contribution in [2.24, 2.45) is 5.41 Å². The number of nitrogens with zero attached hydrogens (tertiary/aromatic N) is 1. The molecular weight excluding hydrogens is 200 g/mol. The van der Waals surface area contributed by atoms with E-state index in [0.29, 0.717) is 5.41 Å². The number of hydrogen-bond acceptors (Lipinski definition) is 2. The molecule has 0 fully saturated rings. The van der Waals surface area contributed by atoms with Gasteiger partial charge in [0, 0.05) is 18.8 Å². The van der Waals surface area contributed by atoms with E-state index in [4.69, 9.17) is 0 Å². The van der Waals surface area contributed by atoms with Crippen molar-refractivity contribution in [2.45, 2.75) is 33.2 Å². The molecule has 0 saturated heterocycles. The minimum atomic E-state index is 0.355. The van der Waals surface area contributed by atoms with Gasteiger partial charge in [-0.15, -0.1) is 0 Å². The van der Waals surface area contributed by atoms with E-state index in [2.05, 4.69) is 29.8 Å². The van der Waals surface area contributed by atoms with Crippen LogP contribution in [0.5, 0.6) is 0 Å². The smallest absolute Gasteiger partial charge is 0.166 e. The number of rotatable bonds is 4. The third-order valence-corrected chi connectivity index (χ3v) is 3.35. The summed E-state index contributed by atoms with van der Waals surface area (Å²) in [5.41, 5.74) is 3.91. The molecule has 0 unspecified atom stereocenters. The van der Waals surface area contributed by atoms with Crippen molar-refractivity contribution in [3.05, 3.63) is 23.0 Å². The molecule has 0 aliphatic heterocycles. The Labute approximate surface area is 96.8 Å². The molecule has 1 aromatic rings. The molecule has 0 aromatic carbocycles. The van der Waals surface area contributed by atoms with E-state index in [9.17, 15) is 4.79 Å². The van der Waals surface area contributed by atoms with Gasteiger partial charge in [-0.05, 0) is 36.9 Å². The molecule has 0 radical (unpaired) electrons. The lowest BCUT2D eigenvalue weighted by Gasteiger charge is -2.17. The molecule has 0 atom stereocenters. The molecule has 88 valence electrons. The summed E-state index contributed by atoms with van der Waals surface area (Å²) < 4.78 is 2.17. The van der Waals surface area contributed by atoms with Crippen LogP contribution < -0.4 is 5.32 Å². The predicted octanol–water partition coefficient (Wildman–Crippen LogP) is 1.64. The van der Waals surface area contributed by atoms with Crippen LogP contribution in [0.3, 0.4) is 0 Å². The zero-order chi connectivity index (χ0) is 11.8. The van der Waals surface area contributed by atoms with Crippen molar-refractivity contribution in [3.8, 4) is 0 Å². The highest BCUT2D eigenvalue weighted by atomic mass is 16.1. The Kier molecular flexibility index (Phi) is 2.89. The summed E-state index contributed by atoms with van der Waals surface area (Å²) in [6.45, 7) is 6.37. The summed E-state index contributed by atoms with van der Waals surface area (Å²) in [4.78, 5) is 11.0. The Morgan fingerprint density at radius 1 is 1.50 bits per heavy atom.